The highest BCUT2D eigenvalue weighted by Gasteiger charge is 1.96. The summed E-state index contributed by atoms with van der Waals surface area (Å²) in [5, 5.41) is 12.4. The van der Waals surface area contributed by atoms with Gasteiger partial charge in [-0.25, -0.2) is 0 Å². The largest absolute Gasteiger partial charge is 0.411 e. The maximum Gasteiger partial charge on any atom is 0.0794 e. The van der Waals surface area contributed by atoms with E-state index in [1.54, 1.807) is 6.92 Å². The number of benzene rings is 1. The Morgan fingerprint density at radius 3 is 2.71 bits per heavy atom. The summed E-state index contributed by atoms with van der Waals surface area (Å²) in [6.45, 7) is 3.63. The molecule has 0 saturated heterocycles. The van der Waals surface area contributed by atoms with Crippen LogP contribution in [0.2, 0.25) is 5.02 Å². The van der Waals surface area contributed by atoms with Gasteiger partial charge in [-0.2, -0.15) is 0 Å². The molecule has 0 spiro atoms. The molecule has 0 bridgehead atoms. The molecule has 0 heterocycles. The lowest BCUT2D eigenvalue weighted by Crippen LogP contribution is -1.92. The van der Waals surface area contributed by atoms with Crippen LogP contribution in [0.5, 0.6) is 0 Å². The van der Waals surface area contributed by atoms with Gasteiger partial charge < -0.3 is 5.21 Å². The Balaban J connectivity index is 2.97. The van der Waals surface area contributed by atoms with Gasteiger partial charge in [0.15, 0.2) is 0 Å². The zero-order valence-corrected chi connectivity index (χ0v) is 8.92. The van der Waals surface area contributed by atoms with Gasteiger partial charge in [-0.15, -0.1) is 0 Å². The van der Waals surface area contributed by atoms with E-state index < -0.39 is 0 Å². The Bertz CT molecular complexity index is 383. The normalized spacial score (nSPS) is 13.1. The van der Waals surface area contributed by atoms with Crippen LogP contribution >= 0.6 is 11.6 Å². The fraction of sp³-hybridized carbons (Fsp3) is 0.182. The van der Waals surface area contributed by atoms with Gasteiger partial charge in [-0.3, -0.25) is 0 Å². The molecule has 0 aliphatic heterocycles. The maximum absolute atomic E-state index is 8.56. The highest BCUT2D eigenvalue weighted by molar-refractivity contribution is 6.30. The van der Waals surface area contributed by atoms with Crippen molar-refractivity contribution in [3.63, 3.8) is 0 Å². The van der Waals surface area contributed by atoms with Crippen molar-refractivity contribution in [2.45, 2.75) is 13.8 Å². The molecular weight excluding hydrogens is 198 g/mol. The second kappa shape index (κ2) is 4.82. The molecule has 2 nitrogen and oxygen atoms in total. The average molecular weight is 210 g/mol. The van der Waals surface area contributed by atoms with E-state index in [1.807, 2.05) is 37.3 Å². The number of allylic oxidation sites excluding steroid dienone is 1. The molecule has 74 valence electrons. The fourth-order valence-electron chi connectivity index (χ4n) is 1.03. The molecule has 0 aliphatic rings. The third-order valence-electron chi connectivity index (χ3n) is 1.95. The van der Waals surface area contributed by atoms with Crippen molar-refractivity contribution in [1.29, 1.82) is 0 Å². The number of hydrogen-bond donors (Lipinski definition) is 1. The van der Waals surface area contributed by atoms with Gasteiger partial charge in [0.2, 0.25) is 0 Å². The van der Waals surface area contributed by atoms with E-state index in [4.69, 9.17) is 16.8 Å². The van der Waals surface area contributed by atoms with Crippen LogP contribution in [0.1, 0.15) is 19.4 Å². The number of oxime groups is 1. The highest BCUT2D eigenvalue weighted by atomic mass is 35.5. The van der Waals surface area contributed by atoms with Crippen molar-refractivity contribution >= 4 is 23.4 Å². The van der Waals surface area contributed by atoms with Crippen molar-refractivity contribution in [2.75, 3.05) is 0 Å². The van der Waals surface area contributed by atoms with Crippen LogP contribution in [0, 0.1) is 0 Å². The summed E-state index contributed by atoms with van der Waals surface area (Å²) >= 11 is 5.83. The molecule has 0 aliphatic carbocycles. The smallest absolute Gasteiger partial charge is 0.0794 e. The minimum absolute atomic E-state index is 0.602. The summed E-state index contributed by atoms with van der Waals surface area (Å²) in [6.07, 6.45) is 1.92. The fourth-order valence-corrected chi connectivity index (χ4v) is 1.23. The van der Waals surface area contributed by atoms with Crippen molar-refractivity contribution in [3.8, 4) is 0 Å². The minimum Gasteiger partial charge on any atom is -0.411 e. The number of rotatable bonds is 2. The van der Waals surface area contributed by atoms with E-state index in [0.29, 0.717) is 10.7 Å². The summed E-state index contributed by atoms with van der Waals surface area (Å²) in [5.41, 5.74) is 2.51. The zero-order chi connectivity index (χ0) is 10.6. The quantitative estimate of drug-likeness (QED) is 0.451. The van der Waals surface area contributed by atoms with Crippen molar-refractivity contribution < 1.29 is 5.21 Å². The van der Waals surface area contributed by atoms with Crippen LogP contribution in [0.15, 0.2) is 35.0 Å². The molecule has 0 unspecified atom stereocenters. The van der Waals surface area contributed by atoms with Crippen molar-refractivity contribution in [3.05, 3.63) is 40.4 Å². The molecule has 1 rings (SSSR count). The molecule has 0 radical (unpaired) electrons. The van der Waals surface area contributed by atoms with Gasteiger partial charge in [-0.05, 0) is 37.1 Å². The summed E-state index contributed by atoms with van der Waals surface area (Å²) in [6, 6.07) is 7.50. The lowest BCUT2D eigenvalue weighted by Gasteiger charge is -1.99. The Morgan fingerprint density at radius 2 is 2.14 bits per heavy atom. The predicted molar refractivity (Wildman–Crippen MR) is 60.0 cm³/mol. The third-order valence-corrected chi connectivity index (χ3v) is 2.19. The molecule has 1 N–H and O–H groups in total. The zero-order valence-electron chi connectivity index (χ0n) is 8.16. The molecule has 1 aromatic rings. The van der Waals surface area contributed by atoms with E-state index >= 15 is 0 Å². The standard InChI is InChI=1S/C11H12ClNO/c1-8(9(2)13-14)6-10-4-3-5-11(12)7-10/h3-7,14H,1-2H3/b8-6-,13-9+. The van der Waals surface area contributed by atoms with Crippen molar-refractivity contribution in [2.24, 2.45) is 5.16 Å². The first-order chi connectivity index (χ1) is 6.63. The first-order valence-electron chi connectivity index (χ1n) is 4.26. The van der Waals surface area contributed by atoms with E-state index in [-0.39, 0.29) is 0 Å². The van der Waals surface area contributed by atoms with E-state index in [9.17, 15) is 0 Å². The van der Waals surface area contributed by atoms with Gasteiger partial charge in [0.05, 0.1) is 5.71 Å². The Labute approximate surface area is 88.5 Å². The molecule has 0 aromatic heterocycles. The van der Waals surface area contributed by atoms with Crippen LogP contribution in [-0.2, 0) is 0 Å². The van der Waals surface area contributed by atoms with Crippen LogP contribution in [0.25, 0.3) is 6.08 Å². The first kappa shape index (κ1) is 10.8. The van der Waals surface area contributed by atoms with Crippen LogP contribution < -0.4 is 0 Å². The van der Waals surface area contributed by atoms with Gasteiger partial charge in [0.1, 0.15) is 0 Å². The second-order valence-corrected chi connectivity index (χ2v) is 3.50. The molecule has 0 amide bonds. The molecular formula is C11H12ClNO. The lowest BCUT2D eigenvalue weighted by molar-refractivity contribution is 0.319. The monoisotopic (exact) mass is 209 g/mol. The average Bonchev–Trinajstić information content (AvgIpc) is 2.16. The molecule has 3 heteroatoms. The molecule has 0 saturated carbocycles. The van der Waals surface area contributed by atoms with Crippen molar-refractivity contribution in [1.82, 2.24) is 0 Å². The Hall–Kier alpha value is -1.28. The van der Waals surface area contributed by atoms with Crippen LogP contribution in [0.3, 0.4) is 0 Å². The maximum atomic E-state index is 8.56. The van der Waals surface area contributed by atoms with E-state index in [2.05, 4.69) is 5.16 Å². The molecule has 0 atom stereocenters. The number of nitrogens with zero attached hydrogens (tertiary/aromatic N) is 1. The lowest BCUT2D eigenvalue weighted by atomic mass is 10.1. The Morgan fingerprint density at radius 1 is 1.43 bits per heavy atom. The second-order valence-electron chi connectivity index (χ2n) is 3.07. The highest BCUT2D eigenvalue weighted by Crippen LogP contribution is 2.14. The molecule has 0 fully saturated rings. The third kappa shape index (κ3) is 2.89. The number of halogens is 1. The summed E-state index contributed by atoms with van der Waals surface area (Å²) in [5.74, 6) is 0. The molecule has 14 heavy (non-hydrogen) atoms. The van der Waals surface area contributed by atoms with E-state index in [1.165, 1.54) is 0 Å². The minimum atomic E-state index is 0.602. The predicted octanol–water partition coefficient (Wildman–Crippen LogP) is 3.59. The SMILES string of the molecule is CC(=C/c1cccc(Cl)c1)/C(C)=N/O. The van der Waals surface area contributed by atoms with Gasteiger partial charge in [-0.1, -0.05) is 35.0 Å². The van der Waals surface area contributed by atoms with Gasteiger partial charge >= 0.3 is 0 Å². The van der Waals surface area contributed by atoms with Gasteiger partial charge in [0.25, 0.3) is 0 Å². The van der Waals surface area contributed by atoms with E-state index in [0.717, 1.165) is 11.1 Å². The topological polar surface area (TPSA) is 32.6 Å². The number of hydrogen-bond acceptors (Lipinski definition) is 2. The summed E-state index contributed by atoms with van der Waals surface area (Å²) in [4.78, 5) is 0. The van der Waals surface area contributed by atoms with Crippen LogP contribution in [-0.4, -0.2) is 10.9 Å². The first-order valence-corrected chi connectivity index (χ1v) is 4.64. The van der Waals surface area contributed by atoms with Crippen LogP contribution in [0.4, 0.5) is 0 Å². The Kier molecular flexibility index (Phi) is 3.72. The summed E-state index contributed by atoms with van der Waals surface area (Å²) < 4.78 is 0. The summed E-state index contributed by atoms with van der Waals surface area (Å²) in [7, 11) is 0. The molecule has 1 aromatic carbocycles. The van der Waals surface area contributed by atoms with Gasteiger partial charge in [0, 0.05) is 5.02 Å².